The first-order valence-corrected chi connectivity index (χ1v) is 5.04. The van der Waals surface area contributed by atoms with Crippen LogP contribution in [0.3, 0.4) is 0 Å². The summed E-state index contributed by atoms with van der Waals surface area (Å²) in [6, 6.07) is 0. The maximum atomic E-state index is 11.4. The van der Waals surface area contributed by atoms with E-state index < -0.39 is 5.41 Å². The van der Waals surface area contributed by atoms with Crippen molar-refractivity contribution in [3.05, 3.63) is 0 Å². The lowest BCUT2D eigenvalue weighted by Crippen LogP contribution is -2.28. The molecule has 0 amide bonds. The molecule has 0 saturated carbocycles. The summed E-state index contributed by atoms with van der Waals surface area (Å²) >= 11 is 0. The quantitative estimate of drug-likeness (QED) is 0.618. The highest BCUT2D eigenvalue weighted by Crippen LogP contribution is 2.23. The number of carbonyl (C=O) groups excluding carboxylic acids is 2. The number of ketones is 1. The van der Waals surface area contributed by atoms with E-state index >= 15 is 0 Å². The van der Waals surface area contributed by atoms with Gasteiger partial charge in [0.15, 0.2) is 0 Å². The molecule has 3 heteroatoms. The van der Waals surface area contributed by atoms with Gasteiger partial charge in [0.1, 0.15) is 5.78 Å². The van der Waals surface area contributed by atoms with Gasteiger partial charge in [0.25, 0.3) is 0 Å². The van der Waals surface area contributed by atoms with E-state index in [1.54, 1.807) is 13.8 Å². The minimum Gasteiger partial charge on any atom is -0.469 e. The zero-order valence-corrected chi connectivity index (χ0v) is 9.55. The number of hydrogen-bond acceptors (Lipinski definition) is 3. The standard InChI is InChI=1S/C11H20O3/c1-5-6-7-9(12)8-11(2,3)10(13)14-4/h5-8H2,1-4H3. The van der Waals surface area contributed by atoms with Crippen LogP contribution in [-0.2, 0) is 14.3 Å². The van der Waals surface area contributed by atoms with E-state index in [1.165, 1.54) is 7.11 Å². The molecule has 0 N–H and O–H groups in total. The fourth-order valence-electron chi connectivity index (χ4n) is 1.30. The summed E-state index contributed by atoms with van der Waals surface area (Å²) in [6.45, 7) is 5.52. The summed E-state index contributed by atoms with van der Waals surface area (Å²) in [5.74, 6) is -0.176. The molecule has 0 heterocycles. The fraction of sp³-hybridized carbons (Fsp3) is 0.818. The van der Waals surface area contributed by atoms with E-state index in [0.717, 1.165) is 12.8 Å². The van der Waals surface area contributed by atoms with E-state index in [9.17, 15) is 9.59 Å². The van der Waals surface area contributed by atoms with E-state index in [4.69, 9.17) is 0 Å². The third kappa shape index (κ3) is 4.40. The largest absolute Gasteiger partial charge is 0.469 e. The number of hydrogen-bond donors (Lipinski definition) is 0. The Hall–Kier alpha value is -0.860. The Morgan fingerprint density at radius 3 is 2.29 bits per heavy atom. The summed E-state index contributed by atoms with van der Waals surface area (Å²) in [7, 11) is 1.35. The Bertz CT molecular complexity index is 207. The van der Waals surface area contributed by atoms with E-state index in [1.807, 2.05) is 6.92 Å². The van der Waals surface area contributed by atoms with Crippen molar-refractivity contribution in [1.29, 1.82) is 0 Å². The second kappa shape index (κ2) is 5.78. The van der Waals surface area contributed by atoms with Crippen molar-refractivity contribution in [2.24, 2.45) is 5.41 Å². The van der Waals surface area contributed by atoms with E-state index in [0.29, 0.717) is 6.42 Å². The molecular weight excluding hydrogens is 180 g/mol. The van der Waals surface area contributed by atoms with Gasteiger partial charge in [-0.3, -0.25) is 9.59 Å². The molecule has 0 aromatic carbocycles. The molecule has 0 aromatic rings. The molecule has 82 valence electrons. The molecule has 0 aromatic heterocycles. The van der Waals surface area contributed by atoms with Gasteiger partial charge in [-0.15, -0.1) is 0 Å². The van der Waals surface area contributed by atoms with Crippen LogP contribution < -0.4 is 0 Å². The van der Waals surface area contributed by atoms with Crippen LogP contribution in [0, 0.1) is 5.41 Å². The first-order chi connectivity index (χ1) is 6.44. The van der Waals surface area contributed by atoms with Crippen LogP contribution >= 0.6 is 0 Å². The van der Waals surface area contributed by atoms with Crippen LogP contribution in [0.25, 0.3) is 0 Å². The Balaban J connectivity index is 4.08. The third-order valence-corrected chi connectivity index (χ3v) is 2.19. The average molecular weight is 200 g/mol. The predicted molar refractivity (Wildman–Crippen MR) is 54.9 cm³/mol. The van der Waals surface area contributed by atoms with Gasteiger partial charge < -0.3 is 4.74 Å². The van der Waals surface area contributed by atoms with E-state index in [2.05, 4.69) is 4.74 Å². The number of Topliss-reactive ketones (excluding diaryl/α,β-unsaturated/α-hetero) is 1. The molecule has 0 bridgehead atoms. The van der Waals surface area contributed by atoms with Gasteiger partial charge in [-0.25, -0.2) is 0 Å². The second-order valence-electron chi connectivity index (χ2n) is 4.19. The lowest BCUT2D eigenvalue weighted by atomic mass is 9.86. The maximum Gasteiger partial charge on any atom is 0.311 e. The van der Waals surface area contributed by atoms with Crippen molar-refractivity contribution >= 4 is 11.8 Å². The topological polar surface area (TPSA) is 43.4 Å². The summed E-state index contributed by atoms with van der Waals surface area (Å²) in [4.78, 5) is 22.7. The smallest absolute Gasteiger partial charge is 0.311 e. The number of rotatable bonds is 6. The highest BCUT2D eigenvalue weighted by atomic mass is 16.5. The lowest BCUT2D eigenvalue weighted by molar-refractivity contribution is -0.152. The number of methoxy groups -OCH3 is 1. The van der Waals surface area contributed by atoms with Crippen LogP contribution in [0.15, 0.2) is 0 Å². The fourth-order valence-corrected chi connectivity index (χ4v) is 1.30. The minimum absolute atomic E-state index is 0.141. The van der Waals surface area contributed by atoms with Gasteiger partial charge in [0, 0.05) is 12.8 Å². The first kappa shape index (κ1) is 13.1. The van der Waals surface area contributed by atoms with Gasteiger partial charge in [-0.05, 0) is 20.3 Å². The van der Waals surface area contributed by atoms with Gasteiger partial charge in [-0.1, -0.05) is 13.3 Å². The van der Waals surface area contributed by atoms with Crippen LogP contribution in [0.5, 0.6) is 0 Å². The molecule has 0 spiro atoms. The monoisotopic (exact) mass is 200 g/mol. The zero-order chi connectivity index (χ0) is 11.2. The van der Waals surface area contributed by atoms with Crippen LogP contribution in [-0.4, -0.2) is 18.9 Å². The normalized spacial score (nSPS) is 11.1. The SMILES string of the molecule is CCCCC(=O)CC(C)(C)C(=O)OC. The van der Waals surface area contributed by atoms with Crippen LogP contribution in [0.1, 0.15) is 46.5 Å². The molecule has 0 radical (unpaired) electrons. The van der Waals surface area contributed by atoms with Gasteiger partial charge in [0.2, 0.25) is 0 Å². The molecule has 14 heavy (non-hydrogen) atoms. The molecule has 0 unspecified atom stereocenters. The number of ether oxygens (including phenoxy) is 1. The highest BCUT2D eigenvalue weighted by molar-refractivity contribution is 5.86. The molecule has 0 saturated heterocycles. The Morgan fingerprint density at radius 1 is 1.29 bits per heavy atom. The van der Waals surface area contributed by atoms with Crippen molar-refractivity contribution in [3.63, 3.8) is 0 Å². The summed E-state index contributed by atoms with van der Waals surface area (Å²) in [5, 5.41) is 0. The Morgan fingerprint density at radius 2 is 1.86 bits per heavy atom. The Labute approximate surface area is 85.8 Å². The maximum absolute atomic E-state index is 11.4. The summed E-state index contributed by atoms with van der Waals surface area (Å²) in [6.07, 6.45) is 2.75. The van der Waals surface area contributed by atoms with Gasteiger partial charge in [-0.2, -0.15) is 0 Å². The molecular formula is C11H20O3. The molecule has 0 fully saturated rings. The van der Waals surface area contributed by atoms with Gasteiger partial charge >= 0.3 is 5.97 Å². The lowest BCUT2D eigenvalue weighted by Gasteiger charge is -2.20. The summed E-state index contributed by atoms with van der Waals surface area (Å²) < 4.78 is 4.63. The van der Waals surface area contributed by atoms with Gasteiger partial charge in [0.05, 0.1) is 12.5 Å². The summed E-state index contributed by atoms with van der Waals surface area (Å²) in [5.41, 5.74) is -0.681. The second-order valence-corrected chi connectivity index (χ2v) is 4.19. The minimum atomic E-state index is -0.681. The van der Waals surface area contributed by atoms with Crippen LogP contribution in [0.2, 0.25) is 0 Å². The molecule has 3 nitrogen and oxygen atoms in total. The van der Waals surface area contributed by atoms with E-state index in [-0.39, 0.29) is 18.2 Å². The molecule has 0 aliphatic heterocycles. The van der Waals surface area contributed by atoms with Crippen molar-refractivity contribution in [3.8, 4) is 0 Å². The number of unbranched alkanes of at least 4 members (excludes halogenated alkanes) is 1. The highest BCUT2D eigenvalue weighted by Gasteiger charge is 2.30. The van der Waals surface area contributed by atoms with Crippen LogP contribution in [0.4, 0.5) is 0 Å². The molecule has 0 aliphatic rings. The van der Waals surface area contributed by atoms with Crippen molar-refractivity contribution in [1.82, 2.24) is 0 Å². The molecule has 0 atom stereocenters. The molecule has 0 aliphatic carbocycles. The first-order valence-electron chi connectivity index (χ1n) is 5.04. The average Bonchev–Trinajstić information content (AvgIpc) is 2.12. The predicted octanol–water partition coefficient (Wildman–Crippen LogP) is 2.33. The van der Waals surface area contributed by atoms with Crippen molar-refractivity contribution < 1.29 is 14.3 Å². The van der Waals surface area contributed by atoms with Crippen molar-refractivity contribution in [2.45, 2.75) is 46.5 Å². The third-order valence-electron chi connectivity index (χ3n) is 2.19. The Kier molecular flexibility index (Phi) is 5.43. The van der Waals surface area contributed by atoms with Crippen molar-refractivity contribution in [2.75, 3.05) is 7.11 Å². The molecule has 0 rings (SSSR count). The zero-order valence-electron chi connectivity index (χ0n) is 9.55. The number of esters is 1. The number of carbonyl (C=O) groups is 2.